The lowest BCUT2D eigenvalue weighted by Gasteiger charge is -2.38. The van der Waals surface area contributed by atoms with Gasteiger partial charge in [0.1, 0.15) is 0 Å². The summed E-state index contributed by atoms with van der Waals surface area (Å²) in [5, 5.41) is 6.92. The first kappa shape index (κ1) is 14.6. The van der Waals surface area contributed by atoms with Crippen molar-refractivity contribution in [2.75, 3.05) is 5.32 Å². The molecule has 128 valence electrons. The molecule has 3 atom stereocenters. The van der Waals surface area contributed by atoms with E-state index in [0.29, 0.717) is 17.9 Å². The molecule has 0 fully saturated rings. The third kappa shape index (κ3) is 1.92. The number of hydrogen-bond donors (Lipinski definition) is 1. The Morgan fingerprint density at radius 1 is 0.923 bits per heavy atom. The van der Waals surface area contributed by atoms with E-state index in [2.05, 4.69) is 72.9 Å². The number of allylic oxidation sites excluding steroid dienone is 2. The first-order valence-corrected chi connectivity index (χ1v) is 9.87. The minimum absolute atomic E-state index is 0.384. The van der Waals surface area contributed by atoms with Gasteiger partial charge in [0.05, 0.1) is 6.04 Å². The Labute approximate surface area is 154 Å². The summed E-state index contributed by atoms with van der Waals surface area (Å²) in [6, 6.07) is 19.0. The lowest BCUT2D eigenvalue weighted by Crippen LogP contribution is -2.29. The summed E-state index contributed by atoms with van der Waals surface area (Å²) in [4.78, 5) is 0. The third-order valence-electron chi connectivity index (χ3n) is 6.76. The van der Waals surface area contributed by atoms with Crippen molar-refractivity contribution < 1.29 is 0 Å². The second-order valence-corrected chi connectivity index (χ2v) is 8.22. The monoisotopic (exact) mass is 337 g/mol. The van der Waals surface area contributed by atoms with Crippen LogP contribution < -0.4 is 5.32 Å². The molecule has 0 bridgehead atoms. The van der Waals surface area contributed by atoms with Crippen molar-refractivity contribution in [2.45, 2.75) is 38.1 Å². The van der Waals surface area contributed by atoms with E-state index < -0.39 is 0 Å². The van der Waals surface area contributed by atoms with Crippen molar-refractivity contribution in [3.8, 4) is 0 Å². The number of hydrogen-bond acceptors (Lipinski definition) is 1. The standard InChI is InChI=1S/C25H23N/c1-15-8-13-23-22(14-15)18-5-3-7-20(18)25(26-23)21-12-11-17-10-9-16-4-2-6-19(21)24(16)17/h2-6,8,11-14,18,20,25-26H,7,9-10H2,1H3/t18-,20+,25-/m1/s1. The van der Waals surface area contributed by atoms with E-state index in [0.717, 1.165) is 0 Å². The van der Waals surface area contributed by atoms with Crippen molar-refractivity contribution in [3.05, 3.63) is 88.5 Å². The Hall–Kier alpha value is -2.54. The molecule has 1 heterocycles. The Morgan fingerprint density at radius 3 is 2.73 bits per heavy atom. The van der Waals surface area contributed by atoms with E-state index in [4.69, 9.17) is 0 Å². The highest BCUT2D eigenvalue weighted by atomic mass is 15.0. The second-order valence-electron chi connectivity index (χ2n) is 8.22. The summed E-state index contributed by atoms with van der Waals surface area (Å²) in [5.41, 5.74) is 8.70. The van der Waals surface area contributed by atoms with Gasteiger partial charge in [0.25, 0.3) is 0 Å². The maximum Gasteiger partial charge on any atom is 0.0560 e. The average Bonchev–Trinajstić information content (AvgIpc) is 3.31. The predicted octanol–water partition coefficient (Wildman–Crippen LogP) is 6.07. The second kappa shape index (κ2) is 5.23. The predicted molar refractivity (Wildman–Crippen MR) is 109 cm³/mol. The molecule has 3 aliphatic rings. The zero-order chi connectivity index (χ0) is 17.3. The maximum absolute atomic E-state index is 3.92. The molecule has 0 radical (unpaired) electrons. The van der Waals surface area contributed by atoms with E-state index in [1.54, 1.807) is 0 Å². The van der Waals surface area contributed by atoms with Gasteiger partial charge in [-0.2, -0.15) is 0 Å². The highest BCUT2D eigenvalue weighted by Crippen LogP contribution is 2.51. The number of anilines is 1. The normalized spacial score (nSPS) is 25.2. The minimum Gasteiger partial charge on any atom is -0.378 e. The van der Waals surface area contributed by atoms with Gasteiger partial charge in [-0.25, -0.2) is 0 Å². The van der Waals surface area contributed by atoms with Gasteiger partial charge in [0.15, 0.2) is 0 Å². The molecular formula is C25H23N. The summed E-state index contributed by atoms with van der Waals surface area (Å²) >= 11 is 0. The van der Waals surface area contributed by atoms with Crippen LogP contribution in [-0.2, 0) is 12.8 Å². The van der Waals surface area contributed by atoms with Crippen molar-refractivity contribution in [1.82, 2.24) is 0 Å². The fraction of sp³-hybridized carbons (Fsp3) is 0.280. The number of rotatable bonds is 1. The molecule has 0 aromatic heterocycles. The average molecular weight is 337 g/mol. The van der Waals surface area contributed by atoms with Gasteiger partial charge >= 0.3 is 0 Å². The van der Waals surface area contributed by atoms with Crippen LogP contribution in [0.5, 0.6) is 0 Å². The lowest BCUT2D eigenvalue weighted by molar-refractivity contribution is 0.427. The van der Waals surface area contributed by atoms with Crippen LogP contribution >= 0.6 is 0 Å². The molecule has 6 rings (SSSR count). The Balaban J connectivity index is 1.55. The zero-order valence-corrected chi connectivity index (χ0v) is 15.1. The topological polar surface area (TPSA) is 12.0 Å². The van der Waals surface area contributed by atoms with Crippen molar-refractivity contribution in [3.63, 3.8) is 0 Å². The van der Waals surface area contributed by atoms with Crippen molar-refractivity contribution in [2.24, 2.45) is 5.92 Å². The summed E-state index contributed by atoms with van der Waals surface area (Å²) in [5.74, 6) is 1.15. The minimum atomic E-state index is 0.384. The van der Waals surface area contributed by atoms with Gasteiger partial charge in [-0.05, 0) is 71.2 Å². The smallest absolute Gasteiger partial charge is 0.0560 e. The molecule has 0 unspecified atom stereocenters. The highest BCUT2D eigenvalue weighted by molar-refractivity contribution is 5.94. The molecule has 3 aromatic carbocycles. The molecular weight excluding hydrogens is 314 g/mol. The van der Waals surface area contributed by atoms with Crippen LogP contribution in [0.25, 0.3) is 10.8 Å². The Bertz CT molecular complexity index is 1060. The van der Waals surface area contributed by atoms with Gasteiger partial charge in [-0.1, -0.05) is 60.2 Å². The summed E-state index contributed by atoms with van der Waals surface area (Å²) < 4.78 is 0. The molecule has 26 heavy (non-hydrogen) atoms. The van der Waals surface area contributed by atoms with E-state index in [1.807, 2.05) is 0 Å². The summed E-state index contributed by atoms with van der Waals surface area (Å²) in [7, 11) is 0. The number of fused-ring (bicyclic) bond motifs is 3. The first-order valence-electron chi connectivity index (χ1n) is 9.87. The van der Waals surface area contributed by atoms with Gasteiger partial charge in [0, 0.05) is 11.6 Å². The van der Waals surface area contributed by atoms with Gasteiger partial charge < -0.3 is 5.32 Å². The molecule has 1 nitrogen and oxygen atoms in total. The van der Waals surface area contributed by atoms with Crippen LogP contribution in [0.15, 0.2) is 60.7 Å². The van der Waals surface area contributed by atoms with Crippen LogP contribution in [0.3, 0.4) is 0 Å². The van der Waals surface area contributed by atoms with E-state index in [-0.39, 0.29) is 0 Å². The summed E-state index contributed by atoms with van der Waals surface area (Å²) in [6.07, 6.45) is 8.39. The fourth-order valence-corrected chi connectivity index (χ4v) is 5.56. The Morgan fingerprint density at radius 2 is 1.81 bits per heavy atom. The molecule has 1 aliphatic heterocycles. The largest absolute Gasteiger partial charge is 0.378 e. The molecule has 0 spiro atoms. The van der Waals surface area contributed by atoms with Crippen LogP contribution in [-0.4, -0.2) is 0 Å². The Kier molecular flexibility index (Phi) is 2.94. The lowest BCUT2D eigenvalue weighted by atomic mass is 9.75. The van der Waals surface area contributed by atoms with Crippen LogP contribution in [0.4, 0.5) is 5.69 Å². The molecule has 3 aromatic rings. The SMILES string of the molecule is Cc1ccc2c(c1)[C@@H]1C=CC[C@@H]1[C@H](c1ccc3c4c(cccc14)CC3)N2. The molecule has 0 saturated carbocycles. The van der Waals surface area contributed by atoms with Crippen LogP contribution in [0, 0.1) is 12.8 Å². The van der Waals surface area contributed by atoms with Crippen molar-refractivity contribution in [1.29, 1.82) is 0 Å². The fourth-order valence-electron chi connectivity index (χ4n) is 5.56. The molecule has 2 aliphatic carbocycles. The van der Waals surface area contributed by atoms with Gasteiger partial charge in [-0.15, -0.1) is 0 Å². The highest BCUT2D eigenvalue weighted by Gasteiger charge is 2.38. The molecule has 1 N–H and O–H groups in total. The molecule has 0 saturated heterocycles. The van der Waals surface area contributed by atoms with Gasteiger partial charge in [0.2, 0.25) is 0 Å². The van der Waals surface area contributed by atoms with Gasteiger partial charge in [-0.3, -0.25) is 0 Å². The van der Waals surface area contributed by atoms with E-state index in [1.165, 1.54) is 63.5 Å². The van der Waals surface area contributed by atoms with E-state index >= 15 is 0 Å². The summed E-state index contributed by atoms with van der Waals surface area (Å²) in [6.45, 7) is 2.20. The van der Waals surface area contributed by atoms with Crippen LogP contribution in [0.1, 0.15) is 46.2 Å². The number of nitrogens with one attached hydrogen (secondary N) is 1. The van der Waals surface area contributed by atoms with E-state index in [9.17, 15) is 0 Å². The number of aryl methyl sites for hydroxylation is 3. The quantitative estimate of drug-likeness (QED) is 0.531. The van der Waals surface area contributed by atoms with Crippen molar-refractivity contribution >= 4 is 16.5 Å². The molecule has 1 heteroatoms. The first-order chi connectivity index (χ1) is 12.8. The van der Waals surface area contributed by atoms with Crippen LogP contribution in [0.2, 0.25) is 0 Å². The molecule has 0 amide bonds. The maximum atomic E-state index is 3.92. The third-order valence-corrected chi connectivity index (χ3v) is 6.76. The number of benzene rings is 3. The zero-order valence-electron chi connectivity index (χ0n) is 15.1.